The topological polar surface area (TPSA) is 134 Å². The third-order valence-electron chi connectivity index (χ3n) is 15.8. The van der Waals surface area contributed by atoms with Gasteiger partial charge in [-0.15, -0.1) is 0 Å². The van der Waals surface area contributed by atoms with Gasteiger partial charge in [-0.3, -0.25) is 18.6 Å². The number of allylic oxidation sites excluding steroid dienone is 20. The van der Waals surface area contributed by atoms with Crippen molar-refractivity contribution in [1.82, 2.24) is 0 Å². The van der Waals surface area contributed by atoms with Crippen molar-refractivity contribution in [2.24, 2.45) is 5.73 Å². The molecule has 10 heteroatoms. The van der Waals surface area contributed by atoms with Crippen LogP contribution in [0.2, 0.25) is 0 Å². The Kier molecular flexibility index (Phi) is 70.5. The number of unbranched alkanes of at least 4 members (excludes halogenated alkanes) is 36. The van der Waals surface area contributed by atoms with Crippen LogP contribution in [0.1, 0.15) is 335 Å². The zero-order valence-corrected chi connectivity index (χ0v) is 58.5. The standard InChI is InChI=1S/C79H138NO8P/c1-3-5-7-9-11-13-15-17-19-21-23-25-27-29-31-33-35-37-38-40-41-43-45-47-49-51-53-55-57-59-61-63-65-67-69-71-78(81)85-75-77(76-87-89(83,84)86-74-73-80)88-79(82)72-70-68-66-64-62-60-58-56-54-52-50-48-46-44-42-39-36-34-32-30-28-26-24-22-20-18-16-14-12-10-8-6-4-2/h6,8,12,14-15,17-18,20-21,23-24,26,30,32,36,39,44,46,50,52,77H,3-5,7,9-11,13,16,19,22,25,27-29,31,33-35,37-38,40-43,45,47-49,51,53-76,80H2,1-2H3,(H,83,84)/b8-6-,14-12-,17-15-,20-18-,23-21-,26-24-,32-30-,39-36-,46-44-,52-50-. The predicted molar refractivity (Wildman–Crippen MR) is 385 cm³/mol. The molecule has 0 aliphatic carbocycles. The van der Waals surface area contributed by atoms with Gasteiger partial charge in [0.25, 0.3) is 0 Å². The molecule has 0 radical (unpaired) electrons. The number of nitrogens with two attached hydrogens (primary N) is 1. The number of hydrogen-bond donors (Lipinski definition) is 2. The van der Waals surface area contributed by atoms with E-state index < -0.39 is 26.5 Å². The minimum atomic E-state index is -4.40. The van der Waals surface area contributed by atoms with Crippen LogP contribution in [0.25, 0.3) is 0 Å². The summed E-state index contributed by atoms with van der Waals surface area (Å²) in [6, 6.07) is 0. The predicted octanol–water partition coefficient (Wildman–Crippen LogP) is 24.6. The lowest BCUT2D eigenvalue weighted by atomic mass is 10.0. The number of phosphoric ester groups is 1. The molecule has 0 aromatic carbocycles. The summed E-state index contributed by atoms with van der Waals surface area (Å²) >= 11 is 0. The average Bonchev–Trinajstić information content (AvgIpc) is 3.58. The Labute approximate surface area is 549 Å². The molecule has 0 spiro atoms. The van der Waals surface area contributed by atoms with E-state index in [9.17, 15) is 19.0 Å². The first kappa shape index (κ1) is 85.4. The third kappa shape index (κ3) is 73.3. The van der Waals surface area contributed by atoms with Crippen LogP contribution in [-0.2, 0) is 32.7 Å². The lowest BCUT2D eigenvalue weighted by Crippen LogP contribution is -2.29. The molecular weight excluding hydrogens is 1120 g/mol. The summed E-state index contributed by atoms with van der Waals surface area (Å²) in [4.78, 5) is 35.4. The molecule has 0 aliphatic rings. The van der Waals surface area contributed by atoms with Crippen LogP contribution in [0, 0.1) is 0 Å². The highest BCUT2D eigenvalue weighted by Gasteiger charge is 2.26. The molecule has 3 N–H and O–H groups in total. The van der Waals surface area contributed by atoms with E-state index in [4.69, 9.17) is 24.3 Å². The highest BCUT2D eigenvalue weighted by Crippen LogP contribution is 2.43. The fraction of sp³-hybridized carbons (Fsp3) is 0.722. The number of hydrogen-bond acceptors (Lipinski definition) is 8. The number of carbonyl (C=O) groups is 2. The summed E-state index contributed by atoms with van der Waals surface area (Å²) in [6.45, 7) is 3.64. The quantitative estimate of drug-likeness (QED) is 0.0264. The van der Waals surface area contributed by atoms with Crippen molar-refractivity contribution < 1.29 is 37.6 Å². The normalized spacial score (nSPS) is 13.6. The molecule has 2 atom stereocenters. The fourth-order valence-electron chi connectivity index (χ4n) is 10.4. The SMILES string of the molecule is CC/C=C\C/C=C\C/C=C\C/C=C\C/C=C\C/C=C\C/C=C\C/C=C\CCCCCCCCCCC(=O)OC(COC(=O)CCCCCCCCCCCCCCCCCCCCCCCCC/C=C\C/C=C\CCCCCCC)COP(=O)(O)OCCN. The van der Waals surface area contributed by atoms with E-state index in [0.29, 0.717) is 6.42 Å². The molecule has 2 unspecified atom stereocenters. The molecule has 0 saturated carbocycles. The monoisotopic (exact) mass is 1260 g/mol. The molecule has 0 amide bonds. The number of rotatable bonds is 69. The third-order valence-corrected chi connectivity index (χ3v) is 16.8. The van der Waals surface area contributed by atoms with Gasteiger partial charge in [0.1, 0.15) is 6.61 Å². The first-order chi connectivity index (χ1) is 43.8. The van der Waals surface area contributed by atoms with Gasteiger partial charge in [0.05, 0.1) is 13.2 Å². The molecule has 0 saturated heterocycles. The number of ether oxygens (including phenoxy) is 2. The van der Waals surface area contributed by atoms with Crippen LogP contribution in [-0.4, -0.2) is 49.3 Å². The smallest absolute Gasteiger partial charge is 0.462 e. The molecule has 0 fully saturated rings. The van der Waals surface area contributed by atoms with Gasteiger partial charge in [0, 0.05) is 19.4 Å². The van der Waals surface area contributed by atoms with E-state index in [0.717, 1.165) is 103 Å². The summed E-state index contributed by atoms with van der Waals surface area (Å²) in [5.41, 5.74) is 5.41. The second-order valence-corrected chi connectivity index (χ2v) is 25.9. The van der Waals surface area contributed by atoms with Crippen LogP contribution in [0.4, 0.5) is 0 Å². The number of carbonyl (C=O) groups excluding carboxylic acids is 2. The maximum atomic E-state index is 12.8. The first-order valence-corrected chi connectivity index (χ1v) is 38.5. The summed E-state index contributed by atoms with van der Waals surface area (Å²) < 4.78 is 33.2. The number of esters is 2. The molecular formula is C79H138NO8P. The van der Waals surface area contributed by atoms with Gasteiger partial charge in [0.15, 0.2) is 6.10 Å². The average molecular weight is 1260 g/mol. The molecule has 0 heterocycles. The fourth-order valence-corrected chi connectivity index (χ4v) is 11.2. The van der Waals surface area contributed by atoms with Crippen LogP contribution >= 0.6 is 7.82 Å². The molecule has 89 heavy (non-hydrogen) atoms. The number of phosphoric acid groups is 1. The minimum absolute atomic E-state index is 0.0478. The zero-order valence-electron chi connectivity index (χ0n) is 57.6. The largest absolute Gasteiger partial charge is 0.472 e. The van der Waals surface area contributed by atoms with Crippen LogP contribution in [0.5, 0.6) is 0 Å². The molecule has 512 valence electrons. The Morgan fingerprint density at radius 2 is 0.618 bits per heavy atom. The van der Waals surface area contributed by atoms with E-state index >= 15 is 0 Å². The summed E-state index contributed by atoms with van der Waals surface area (Å²) in [5, 5.41) is 0. The summed E-state index contributed by atoms with van der Waals surface area (Å²) in [7, 11) is -4.40. The highest BCUT2D eigenvalue weighted by molar-refractivity contribution is 7.47. The van der Waals surface area contributed by atoms with Gasteiger partial charge in [-0.05, 0) is 109 Å². The van der Waals surface area contributed by atoms with Crippen molar-refractivity contribution in [3.05, 3.63) is 122 Å². The Bertz CT molecular complexity index is 1880. The Hall–Kier alpha value is -3.59. The maximum absolute atomic E-state index is 12.8. The van der Waals surface area contributed by atoms with Crippen molar-refractivity contribution in [2.75, 3.05) is 26.4 Å². The molecule has 0 aromatic heterocycles. The van der Waals surface area contributed by atoms with Gasteiger partial charge in [-0.1, -0.05) is 334 Å². The Morgan fingerprint density at radius 1 is 0.348 bits per heavy atom. The highest BCUT2D eigenvalue weighted by atomic mass is 31.2. The van der Waals surface area contributed by atoms with Gasteiger partial charge >= 0.3 is 19.8 Å². The van der Waals surface area contributed by atoms with Crippen molar-refractivity contribution in [2.45, 2.75) is 341 Å². The van der Waals surface area contributed by atoms with E-state index in [2.05, 4.69) is 135 Å². The second-order valence-electron chi connectivity index (χ2n) is 24.4. The van der Waals surface area contributed by atoms with Crippen LogP contribution in [0.15, 0.2) is 122 Å². The van der Waals surface area contributed by atoms with Crippen molar-refractivity contribution >= 4 is 19.8 Å². The summed E-state index contributed by atoms with van der Waals surface area (Å²) in [6.07, 6.45) is 103. The summed E-state index contributed by atoms with van der Waals surface area (Å²) in [5.74, 6) is -0.831. The van der Waals surface area contributed by atoms with Gasteiger partial charge in [-0.2, -0.15) is 0 Å². The molecule has 9 nitrogen and oxygen atoms in total. The maximum Gasteiger partial charge on any atom is 0.472 e. The van der Waals surface area contributed by atoms with E-state index in [1.165, 1.54) is 199 Å². The Balaban J connectivity index is 3.88. The molecule has 0 rings (SSSR count). The van der Waals surface area contributed by atoms with Crippen molar-refractivity contribution in [1.29, 1.82) is 0 Å². The molecule has 0 aliphatic heterocycles. The Morgan fingerprint density at radius 3 is 0.921 bits per heavy atom. The second kappa shape index (κ2) is 73.5. The zero-order chi connectivity index (χ0) is 64.4. The van der Waals surface area contributed by atoms with Crippen molar-refractivity contribution in [3.8, 4) is 0 Å². The van der Waals surface area contributed by atoms with E-state index in [-0.39, 0.29) is 38.6 Å². The first-order valence-electron chi connectivity index (χ1n) is 37.0. The lowest BCUT2D eigenvalue weighted by molar-refractivity contribution is -0.161. The van der Waals surface area contributed by atoms with Crippen molar-refractivity contribution in [3.63, 3.8) is 0 Å². The van der Waals surface area contributed by atoms with Crippen LogP contribution in [0.3, 0.4) is 0 Å². The van der Waals surface area contributed by atoms with Gasteiger partial charge < -0.3 is 20.1 Å². The minimum Gasteiger partial charge on any atom is -0.462 e. The van der Waals surface area contributed by atoms with Crippen LogP contribution < -0.4 is 5.73 Å². The van der Waals surface area contributed by atoms with Gasteiger partial charge in [0.2, 0.25) is 0 Å². The molecule has 0 aromatic rings. The van der Waals surface area contributed by atoms with Gasteiger partial charge in [-0.25, -0.2) is 4.57 Å². The molecule has 0 bridgehead atoms. The lowest BCUT2D eigenvalue weighted by Gasteiger charge is -2.19. The van der Waals surface area contributed by atoms with E-state index in [1.807, 2.05) is 0 Å². The van der Waals surface area contributed by atoms with E-state index in [1.54, 1.807) is 0 Å².